The number of anilines is 1. The fourth-order valence-corrected chi connectivity index (χ4v) is 5.64. The summed E-state index contributed by atoms with van der Waals surface area (Å²) < 4.78 is 64.2. The number of aryl methyl sites for hydroxylation is 1. The first-order valence-corrected chi connectivity index (χ1v) is 13.1. The second kappa shape index (κ2) is 8.84. The molecule has 196 valence electrons. The van der Waals surface area contributed by atoms with Gasteiger partial charge in [-0.25, -0.2) is 18.8 Å². The van der Waals surface area contributed by atoms with Crippen LogP contribution in [-0.4, -0.2) is 31.6 Å². The van der Waals surface area contributed by atoms with Gasteiger partial charge >= 0.3 is 12.2 Å². The number of nitrogens with two attached hydrogens (primary N) is 1. The summed E-state index contributed by atoms with van der Waals surface area (Å²) in [6, 6.07) is 4.85. The monoisotopic (exact) mass is 534 g/mol. The van der Waals surface area contributed by atoms with Crippen molar-refractivity contribution in [3.8, 4) is 17.0 Å². The minimum atomic E-state index is -4.63. The number of urea groups is 1. The van der Waals surface area contributed by atoms with Crippen molar-refractivity contribution in [1.29, 1.82) is 0 Å². The summed E-state index contributed by atoms with van der Waals surface area (Å²) in [7, 11) is -3.74. The number of alkyl halides is 3. The van der Waals surface area contributed by atoms with E-state index in [1.165, 1.54) is 16.9 Å². The van der Waals surface area contributed by atoms with Gasteiger partial charge in [0.05, 0.1) is 25.0 Å². The number of amides is 2. The lowest BCUT2D eigenvalue weighted by atomic mass is 9.94. The minimum Gasteiger partial charge on any atom is -0.476 e. The summed E-state index contributed by atoms with van der Waals surface area (Å²) in [5.41, 5.74) is 1.43. The lowest BCUT2D eigenvalue weighted by Crippen LogP contribution is -2.33. The smallest absolute Gasteiger partial charge is 0.433 e. The van der Waals surface area contributed by atoms with Gasteiger partial charge in [0, 0.05) is 17.2 Å². The van der Waals surface area contributed by atoms with E-state index in [0.717, 1.165) is 36.2 Å². The third-order valence-corrected chi connectivity index (χ3v) is 7.69. The van der Waals surface area contributed by atoms with Gasteiger partial charge in [-0.3, -0.25) is 4.98 Å². The van der Waals surface area contributed by atoms with Gasteiger partial charge in [-0.2, -0.15) is 18.3 Å². The Morgan fingerprint density at radius 1 is 1.27 bits per heavy atom. The molecule has 1 aliphatic heterocycles. The molecule has 1 atom stereocenters. The quantitative estimate of drug-likeness (QED) is 0.499. The standard InChI is InChI=1S/C24H25F3N6O3S/c1-23(2)12-33-21(36-13-23)18(11-30-33)37(28,35)32-22(34)31-20-16-5-3-4-14(16)6-7-17(20)15-8-9-29-19(10-15)24(25,26)27/h6-11H,3-5,12-13H2,1-2H3,(H3,28,31,32,34,35)/t37-/m1/s1. The maximum atomic E-state index is 13.3. The topological polar surface area (TPSA) is 124 Å². The third-order valence-electron chi connectivity index (χ3n) is 6.35. The first kappa shape index (κ1) is 25.2. The molecule has 0 saturated carbocycles. The average molecular weight is 535 g/mol. The normalized spacial score (nSPS) is 17.8. The fraction of sp³-hybridized carbons (Fsp3) is 0.375. The lowest BCUT2D eigenvalue weighted by Gasteiger charge is -2.30. The Hall–Kier alpha value is -3.45. The Morgan fingerprint density at radius 2 is 2.05 bits per heavy atom. The fourth-order valence-electron chi connectivity index (χ4n) is 4.64. The summed E-state index contributed by atoms with van der Waals surface area (Å²) in [4.78, 5) is 16.4. The second-order valence-electron chi connectivity index (χ2n) is 9.92. The molecule has 3 heterocycles. The van der Waals surface area contributed by atoms with Crippen LogP contribution in [0.4, 0.5) is 23.7 Å². The van der Waals surface area contributed by atoms with Crippen molar-refractivity contribution in [3.63, 3.8) is 0 Å². The van der Waals surface area contributed by atoms with Crippen molar-refractivity contribution in [3.05, 3.63) is 53.5 Å². The van der Waals surface area contributed by atoms with E-state index < -0.39 is 27.8 Å². The molecule has 3 aromatic rings. The number of rotatable bonds is 3. The Balaban J connectivity index is 1.51. The summed E-state index contributed by atoms with van der Waals surface area (Å²) in [6.07, 6.45) is -0.0702. The number of benzene rings is 1. The van der Waals surface area contributed by atoms with Gasteiger partial charge in [0.2, 0.25) is 5.88 Å². The molecule has 2 aromatic heterocycles. The minimum absolute atomic E-state index is 0.000571. The highest BCUT2D eigenvalue weighted by molar-refractivity contribution is 7.91. The molecule has 0 bridgehead atoms. The van der Waals surface area contributed by atoms with Crippen molar-refractivity contribution in [2.75, 3.05) is 11.9 Å². The predicted molar refractivity (Wildman–Crippen MR) is 130 cm³/mol. The van der Waals surface area contributed by atoms with Gasteiger partial charge in [-0.05, 0) is 48.1 Å². The molecule has 3 N–H and O–H groups in total. The Bertz CT molecular complexity index is 1520. The Kier molecular flexibility index (Phi) is 6.02. The summed E-state index contributed by atoms with van der Waals surface area (Å²) in [6.45, 7) is 4.84. The highest BCUT2D eigenvalue weighted by Crippen LogP contribution is 2.39. The zero-order chi connectivity index (χ0) is 26.6. The zero-order valence-corrected chi connectivity index (χ0v) is 20.9. The number of ether oxygens (including phenoxy) is 1. The van der Waals surface area contributed by atoms with Crippen LogP contribution in [-0.2, 0) is 35.5 Å². The summed E-state index contributed by atoms with van der Waals surface area (Å²) in [5.74, 6) is 0.195. The number of hydrogen-bond donors (Lipinski definition) is 2. The van der Waals surface area contributed by atoms with Crippen LogP contribution in [0.2, 0.25) is 0 Å². The molecule has 0 fully saturated rings. The van der Waals surface area contributed by atoms with E-state index in [1.807, 2.05) is 19.9 Å². The summed E-state index contributed by atoms with van der Waals surface area (Å²) >= 11 is 0. The van der Waals surface area contributed by atoms with Gasteiger partial charge in [-0.15, -0.1) is 4.36 Å². The Morgan fingerprint density at radius 3 is 2.81 bits per heavy atom. The number of carbonyl (C=O) groups is 1. The van der Waals surface area contributed by atoms with Crippen LogP contribution in [0.5, 0.6) is 5.88 Å². The van der Waals surface area contributed by atoms with Crippen molar-refractivity contribution in [1.82, 2.24) is 14.8 Å². The largest absolute Gasteiger partial charge is 0.476 e. The van der Waals surface area contributed by atoms with Crippen molar-refractivity contribution in [2.45, 2.75) is 50.7 Å². The van der Waals surface area contributed by atoms with Crippen LogP contribution >= 0.6 is 0 Å². The van der Waals surface area contributed by atoms with Gasteiger partial charge in [-0.1, -0.05) is 26.0 Å². The number of nitrogens with zero attached hydrogens (tertiary/aromatic N) is 4. The third kappa shape index (κ3) is 4.92. The molecule has 1 aliphatic carbocycles. The van der Waals surface area contributed by atoms with E-state index in [9.17, 15) is 22.2 Å². The van der Waals surface area contributed by atoms with Crippen LogP contribution in [0.1, 0.15) is 37.1 Å². The maximum absolute atomic E-state index is 13.3. The zero-order valence-electron chi connectivity index (χ0n) is 20.1. The van der Waals surface area contributed by atoms with Gasteiger partial charge < -0.3 is 10.1 Å². The predicted octanol–water partition coefficient (Wildman–Crippen LogP) is 4.80. The molecule has 13 heteroatoms. The van der Waals surface area contributed by atoms with Crippen LogP contribution in [0.3, 0.4) is 0 Å². The molecule has 2 amide bonds. The number of carbonyl (C=O) groups excluding carboxylic acids is 1. The summed E-state index contributed by atoms with van der Waals surface area (Å²) in [5, 5.41) is 12.8. The molecular formula is C24H25F3N6O3S. The highest BCUT2D eigenvalue weighted by atomic mass is 32.2. The molecule has 0 unspecified atom stereocenters. The number of nitrogens with one attached hydrogen (secondary N) is 1. The van der Waals surface area contributed by atoms with Crippen LogP contribution in [0.25, 0.3) is 11.1 Å². The molecule has 2 aliphatic rings. The molecule has 5 rings (SSSR count). The molecule has 9 nitrogen and oxygen atoms in total. The van der Waals surface area contributed by atoms with E-state index in [4.69, 9.17) is 9.88 Å². The van der Waals surface area contributed by atoms with Crippen LogP contribution in [0, 0.1) is 5.41 Å². The van der Waals surface area contributed by atoms with Crippen molar-refractivity contribution in [2.24, 2.45) is 14.9 Å². The molecule has 0 radical (unpaired) electrons. The van der Waals surface area contributed by atoms with E-state index in [2.05, 4.69) is 19.8 Å². The van der Waals surface area contributed by atoms with Gasteiger partial charge in [0.1, 0.15) is 10.6 Å². The Labute approximate surface area is 211 Å². The molecule has 37 heavy (non-hydrogen) atoms. The van der Waals surface area contributed by atoms with Gasteiger partial charge in [0.25, 0.3) is 0 Å². The maximum Gasteiger partial charge on any atom is 0.433 e. The second-order valence-corrected chi connectivity index (χ2v) is 11.7. The average Bonchev–Trinajstić information content (AvgIpc) is 3.45. The number of hydrogen-bond acceptors (Lipinski definition) is 5. The molecule has 0 saturated heterocycles. The number of fused-ring (bicyclic) bond motifs is 2. The number of halogens is 3. The van der Waals surface area contributed by atoms with E-state index in [0.29, 0.717) is 30.8 Å². The first-order valence-electron chi connectivity index (χ1n) is 11.6. The molecule has 0 spiro atoms. The van der Waals surface area contributed by atoms with E-state index in [1.54, 1.807) is 6.07 Å². The van der Waals surface area contributed by atoms with Gasteiger partial charge in [0.15, 0.2) is 9.92 Å². The van der Waals surface area contributed by atoms with Crippen LogP contribution in [0.15, 0.2) is 45.9 Å². The van der Waals surface area contributed by atoms with Crippen molar-refractivity contribution >= 4 is 21.6 Å². The van der Waals surface area contributed by atoms with E-state index >= 15 is 0 Å². The number of aromatic nitrogens is 3. The van der Waals surface area contributed by atoms with Crippen molar-refractivity contribution < 1.29 is 26.9 Å². The SMILES string of the molecule is CC1(C)COc2c([S@](N)(=O)=NC(=O)Nc3c(-c4ccnc(C(F)(F)F)c4)ccc4c3CCC4)cnn2C1. The molecule has 1 aromatic carbocycles. The van der Waals surface area contributed by atoms with Crippen LogP contribution < -0.4 is 15.2 Å². The lowest BCUT2D eigenvalue weighted by molar-refractivity contribution is -0.141. The highest BCUT2D eigenvalue weighted by Gasteiger charge is 2.34. The first-order chi connectivity index (χ1) is 17.3. The van der Waals surface area contributed by atoms with E-state index in [-0.39, 0.29) is 21.8 Å². The number of pyridine rings is 1. The molecular weight excluding hydrogens is 509 g/mol.